The Morgan fingerprint density at radius 1 is 1.17 bits per heavy atom. The highest BCUT2D eigenvalue weighted by Crippen LogP contribution is 2.33. The smallest absolute Gasteiger partial charge is 0.211 e. The summed E-state index contributed by atoms with van der Waals surface area (Å²) in [6.07, 6.45) is 11.6. The Hall–Kier alpha value is -2.67. The van der Waals surface area contributed by atoms with E-state index >= 15 is 0 Å². The summed E-state index contributed by atoms with van der Waals surface area (Å²) < 4.78 is 5.59. The molecular formula is C24H23IN2O2. The molecule has 0 amide bonds. The van der Waals surface area contributed by atoms with Crippen LogP contribution in [0, 0.1) is 0 Å². The summed E-state index contributed by atoms with van der Waals surface area (Å²) >= 11 is 0. The third kappa shape index (κ3) is 4.05. The summed E-state index contributed by atoms with van der Waals surface area (Å²) in [6.45, 7) is 4.63. The molecule has 4 rings (SSSR count). The molecule has 0 saturated carbocycles. The lowest BCUT2D eigenvalue weighted by Crippen LogP contribution is -2.18. The summed E-state index contributed by atoms with van der Waals surface area (Å²) in [6, 6.07) is 9.87. The predicted molar refractivity (Wildman–Crippen MR) is 129 cm³/mol. The number of hydrogen-bond acceptors (Lipinski definition) is 4. The van der Waals surface area contributed by atoms with Crippen LogP contribution in [0.3, 0.4) is 0 Å². The number of fused-ring (bicyclic) bond motifs is 2. The van der Waals surface area contributed by atoms with E-state index in [1.165, 1.54) is 0 Å². The Kier molecular flexibility index (Phi) is 6.37. The number of likely N-dealkylation sites (N-methyl/N-ethyl adjacent to an activating group) is 1. The van der Waals surface area contributed by atoms with Crippen LogP contribution in [0.5, 0.6) is 5.75 Å². The molecule has 2 aromatic rings. The van der Waals surface area contributed by atoms with Crippen molar-refractivity contribution in [3.63, 3.8) is 0 Å². The number of ether oxygens (including phenoxy) is 1. The van der Waals surface area contributed by atoms with Gasteiger partial charge in [0.1, 0.15) is 11.4 Å². The topological polar surface area (TPSA) is 42.4 Å². The van der Waals surface area contributed by atoms with Crippen molar-refractivity contribution >= 4 is 47.1 Å². The van der Waals surface area contributed by atoms with Gasteiger partial charge in [-0.25, -0.2) is 0 Å². The number of Topliss-reactive ketones (excluding diaryl/α,β-unsaturated/α-hetero) is 1. The van der Waals surface area contributed by atoms with Gasteiger partial charge in [0.15, 0.2) is 0 Å². The summed E-state index contributed by atoms with van der Waals surface area (Å²) in [5.74, 6) is 0.829. The van der Waals surface area contributed by atoms with Crippen molar-refractivity contribution in [2.75, 3.05) is 18.6 Å². The van der Waals surface area contributed by atoms with E-state index in [1.807, 2.05) is 69.5 Å². The molecular weight excluding hydrogens is 475 g/mol. The van der Waals surface area contributed by atoms with E-state index in [-0.39, 0.29) is 29.8 Å². The fourth-order valence-corrected chi connectivity index (χ4v) is 3.54. The fraction of sp³-hybridized carbons (Fsp3) is 0.167. The van der Waals surface area contributed by atoms with E-state index in [2.05, 4.69) is 22.0 Å². The third-order valence-corrected chi connectivity index (χ3v) is 5.01. The van der Waals surface area contributed by atoms with Crippen LogP contribution in [0.25, 0.3) is 11.6 Å². The van der Waals surface area contributed by atoms with Crippen molar-refractivity contribution < 1.29 is 9.53 Å². The fourth-order valence-electron chi connectivity index (χ4n) is 3.54. The number of aromatic nitrogens is 1. The number of pyridine rings is 1. The van der Waals surface area contributed by atoms with Gasteiger partial charge in [0.2, 0.25) is 5.78 Å². The van der Waals surface area contributed by atoms with Gasteiger partial charge in [-0.2, -0.15) is 0 Å². The van der Waals surface area contributed by atoms with Crippen molar-refractivity contribution in [1.82, 2.24) is 4.98 Å². The average molecular weight is 498 g/mol. The zero-order valence-electron chi connectivity index (χ0n) is 16.7. The quantitative estimate of drug-likeness (QED) is 0.404. The summed E-state index contributed by atoms with van der Waals surface area (Å²) in [7, 11) is 2.02. The van der Waals surface area contributed by atoms with E-state index in [1.54, 1.807) is 6.20 Å². The molecule has 0 bridgehead atoms. The predicted octanol–water partition coefficient (Wildman–Crippen LogP) is 5.67. The molecule has 1 aromatic heterocycles. The summed E-state index contributed by atoms with van der Waals surface area (Å²) in [4.78, 5) is 19.1. The van der Waals surface area contributed by atoms with Gasteiger partial charge in [-0.15, -0.1) is 24.0 Å². The molecule has 4 nitrogen and oxygen atoms in total. The van der Waals surface area contributed by atoms with Crippen LogP contribution in [-0.2, 0) is 0 Å². The third-order valence-electron chi connectivity index (χ3n) is 5.01. The number of ketones is 1. The Balaban J connectivity index is 0.00000240. The largest absolute Gasteiger partial charge is 0.494 e. The standard InChI is InChI=1S/C24H22N2O2.HI/c1-4-28-20-11-12-22-17(15-20)7-9-19(26(22)3)10-8-18-14-16(2)21-6-5-13-25-23(21)24(18)27;/h5-15H,4H2,1-3H3;1H/b18-8+,19-10-;. The van der Waals surface area contributed by atoms with Crippen LogP contribution in [0.4, 0.5) is 5.69 Å². The molecule has 0 radical (unpaired) electrons. The number of rotatable bonds is 3. The second kappa shape index (κ2) is 8.78. The minimum atomic E-state index is -0.0396. The zero-order valence-corrected chi connectivity index (χ0v) is 19.0. The molecule has 0 N–H and O–H groups in total. The molecule has 0 unspecified atom stereocenters. The van der Waals surface area contributed by atoms with Crippen LogP contribution < -0.4 is 9.64 Å². The number of allylic oxidation sites excluding steroid dienone is 6. The molecule has 29 heavy (non-hydrogen) atoms. The Bertz CT molecular complexity index is 1080. The van der Waals surface area contributed by atoms with E-state index in [4.69, 9.17) is 4.74 Å². The average Bonchev–Trinajstić information content (AvgIpc) is 2.71. The zero-order chi connectivity index (χ0) is 19.7. The van der Waals surface area contributed by atoms with E-state index in [0.717, 1.165) is 33.8 Å². The highest BCUT2D eigenvalue weighted by molar-refractivity contribution is 14.0. The lowest BCUT2D eigenvalue weighted by Gasteiger charge is -2.26. The Labute approximate surface area is 188 Å². The van der Waals surface area contributed by atoms with Crippen LogP contribution in [0.15, 0.2) is 72.1 Å². The first-order valence-corrected chi connectivity index (χ1v) is 9.37. The van der Waals surface area contributed by atoms with Crippen molar-refractivity contribution in [2.45, 2.75) is 13.8 Å². The van der Waals surface area contributed by atoms with Gasteiger partial charge in [-0.1, -0.05) is 12.1 Å². The van der Waals surface area contributed by atoms with Crippen LogP contribution in [0.1, 0.15) is 35.5 Å². The number of benzene rings is 1. The van der Waals surface area contributed by atoms with E-state index in [0.29, 0.717) is 17.9 Å². The molecule has 1 aliphatic carbocycles. The molecule has 2 heterocycles. The van der Waals surface area contributed by atoms with Crippen molar-refractivity contribution in [3.05, 3.63) is 88.9 Å². The normalized spacial score (nSPS) is 17.6. The van der Waals surface area contributed by atoms with Gasteiger partial charge in [-0.3, -0.25) is 9.78 Å². The maximum atomic E-state index is 12.8. The second-order valence-electron chi connectivity index (χ2n) is 6.82. The van der Waals surface area contributed by atoms with E-state index in [9.17, 15) is 4.79 Å². The van der Waals surface area contributed by atoms with Crippen LogP contribution in [-0.4, -0.2) is 24.4 Å². The van der Waals surface area contributed by atoms with Crippen LogP contribution in [0.2, 0.25) is 0 Å². The molecule has 0 atom stereocenters. The van der Waals surface area contributed by atoms with Gasteiger partial charge < -0.3 is 9.64 Å². The molecule has 0 fully saturated rings. The first kappa shape index (κ1) is 21.0. The maximum absolute atomic E-state index is 12.8. The molecule has 1 aromatic carbocycles. The molecule has 0 saturated heterocycles. The lowest BCUT2D eigenvalue weighted by atomic mass is 9.91. The summed E-state index contributed by atoms with van der Waals surface area (Å²) in [5.41, 5.74) is 6.35. The molecule has 5 heteroatoms. The van der Waals surface area contributed by atoms with Gasteiger partial charge >= 0.3 is 0 Å². The minimum Gasteiger partial charge on any atom is -0.494 e. The highest BCUT2D eigenvalue weighted by Gasteiger charge is 2.22. The highest BCUT2D eigenvalue weighted by atomic mass is 127. The second-order valence-corrected chi connectivity index (χ2v) is 6.82. The first-order chi connectivity index (χ1) is 13.6. The molecule has 148 valence electrons. The number of hydrogen-bond donors (Lipinski definition) is 0. The van der Waals surface area contributed by atoms with Gasteiger partial charge in [-0.05, 0) is 68.0 Å². The number of nitrogens with zero attached hydrogens (tertiary/aromatic N) is 2. The number of anilines is 1. The Morgan fingerprint density at radius 3 is 2.79 bits per heavy atom. The number of carbonyl (C=O) groups excluding carboxylic acids is 1. The van der Waals surface area contributed by atoms with Gasteiger partial charge in [0.25, 0.3) is 0 Å². The molecule has 0 spiro atoms. The van der Waals surface area contributed by atoms with Crippen molar-refractivity contribution in [2.24, 2.45) is 0 Å². The summed E-state index contributed by atoms with van der Waals surface area (Å²) in [5, 5.41) is 0. The monoisotopic (exact) mass is 498 g/mol. The van der Waals surface area contributed by atoms with Crippen molar-refractivity contribution in [3.8, 4) is 5.75 Å². The van der Waals surface area contributed by atoms with Crippen molar-refractivity contribution in [1.29, 1.82) is 0 Å². The van der Waals surface area contributed by atoms with E-state index < -0.39 is 0 Å². The SMILES string of the molecule is CCOc1ccc2c(c1)C=C/C(=C/C=C1\C=C(C)c3cccnc3C1=O)N2C.I. The number of carbonyl (C=O) groups is 1. The van der Waals surface area contributed by atoms with Crippen LogP contribution >= 0.6 is 24.0 Å². The van der Waals surface area contributed by atoms with Gasteiger partial charge in [0.05, 0.1) is 6.61 Å². The number of halogens is 1. The minimum absolute atomic E-state index is 0. The lowest BCUT2D eigenvalue weighted by molar-refractivity contribution is 0.103. The molecule has 2 aliphatic rings. The first-order valence-electron chi connectivity index (χ1n) is 9.37. The van der Waals surface area contributed by atoms with Gasteiger partial charge in [0, 0.05) is 41.3 Å². The molecule has 1 aliphatic heterocycles. The Morgan fingerprint density at radius 2 is 2.00 bits per heavy atom. The maximum Gasteiger partial charge on any atom is 0.211 e.